The van der Waals surface area contributed by atoms with Crippen molar-refractivity contribution in [3.8, 4) is 6.07 Å². The van der Waals surface area contributed by atoms with Crippen LogP contribution in [-0.2, 0) is 6.54 Å². The summed E-state index contributed by atoms with van der Waals surface area (Å²) < 4.78 is 0. The maximum atomic E-state index is 11.7. The summed E-state index contributed by atoms with van der Waals surface area (Å²) in [5.41, 5.74) is 2.80. The van der Waals surface area contributed by atoms with Crippen LogP contribution in [0.25, 0.3) is 0 Å². The van der Waals surface area contributed by atoms with Crippen molar-refractivity contribution in [3.05, 3.63) is 53.2 Å². The van der Waals surface area contributed by atoms with Gasteiger partial charge in [-0.2, -0.15) is 5.26 Å². The lowest BCUT2D eigenvalue weighted by Crippen LogP contribution is -2.22. The summed E-state index contributed by atoms with van der Waals surface area (Å²) in [6, 6.07) is 11.2. The molecule has 0 saturated carbocycles. The van der Waals surface area contributed by atoms with Crippen molar-refractivity contribution >= 4 is 17.3 Å². The van der Waals surface area contributed by atoms with E-state index in [9.17, 15) is 4.79 Å². The smallest absolute Gasteiger partial charge is 0.161 e. The van der Waals surface area contributed by atoms with E-state index >= 15 is 0 Å². The third-order valence-electron chi connectivity index (χ3n) is 3.91. The number of anilines is 2. The van der Waals surface area contributed by atoms with Crippen molar-refractivity contribution in [2.45, 2.75) is 27.3 Å². The molecule has 1 heterocycles. The van der Waals surface area contributed by atoms with Crippen LogP contribution in [0, 0.1) is 11.3 Å². The fraction of sp³-hybridized carbons (Fsp3) is 0.316. The molecule has 0 aliphatic heterocycles. The highest BCUT2D eigenvalue weighted by Gasteiger charge is 2.09. The maximum absolute atomic E-state index is 11.7. The number of nitriles is 1. The molecule has 0 aliphatic carbocycles. The Bertz CT molecular complexity index is 743. The topological polar surface area (TPSA) is 69.0 Å². The minimum absolute atomic E-state index is 0.0306. The van der Waals surface area contributed by atoms with E-state index in [-0.39, 0.29) is 5.78 Å². The number of carbonyl (C=O) groups excluding carboxylic acids is 1. The highest BCUT2D eigenvalue weighted by atomic mass is 16.1. The Labute approximate surface area is 142 Å². The molecule has 124 valence electrons. The Kier molecular flexibility index (Phi) is 5.91. The molecule has 2 rings (SSSR count). The van der Waals surface area contributed by atoms with Gasteiger partial charge in [0.1, 0.15) is 5.82 Å². The van der Waals surface area contributed by atoms with E-state index in [4.69, 9.17) is 5.26 Å². The van der Waals surface area contributed by atoms with E-state index in [1.54, 1.807) is 18.2 Å². The fourth-order valence-electron chi connectivity index (χ4n) is 2.52. The molecule has 0 saturated heterocycles. The van der Waals surface area contributed by atoms with Gasteiger partial charge in [0.05, 0.1) is 11.6 Å². The first-order valence-corrected chi connectivity index (χ1v) is 8.07. The van der Waals surface area contributed by atoms with Gasteiger partial charge in [-0.3, -0.25) is 4.79 Å². The first kappa shape index (κ1) is 17.5. The van der Waals surface area contributed by atoms with Crippen molar-refractivity contribution < 1.29 is 4.79 Å². The van der Waals surface area contributed by atoms with Gasteiger partial charge in [-0.05, 0) is 50.6 Å². The highest BCUT2D eigenvalue weighted by Crippen LogP contribution is 2.19. The van der Waals surface area contributed by atoms with Crippen LogP contribution in [0.4, 0.5) is 11.5 Å². The molecule has 1 aromatic heterocycles. The van der Waals surface area contributed by atoms with Crippen LogP contribution >= 0.6 is 0 Å². The summed E-state index contributed by atoms with van der Waals surface area (Å²) in [4.78, 5) is 18.4. The van der Waals surface area contributed by atoms with E-state index in [2.05, 4.69) is 35.1 Å². The minimum atomic E-state index is -0.0306. The number of benzene rings is 1. The molecule has 0 radical (unpaired) electrons. The Hall–Kier alpha value is -2.87. The lowest BCUT2D eigenvalue weighted by molar-refractivity contribution is 0.101. The largest absolute Gasteiger partial charge is 0.380 e. The summed E-state index contributed by atoms with van der Waals surface area (Å²) >= 11 is 0. The zero-order valence-corrected chi connectivity index (χ0v) is 14.3. The Morgan fingerprint density at radius 3 is 2.54 bits per heavy atom. The molecule has 0 bridgehead atoms. The summed E-state index contributed by atoms with van der Waals surface area (Å²) in [6.45, 7) is 8.11. The third kappa shape index (κ3) is 4.11. The second-order valence-electron chi connectivity index (χ2n) is 5.48. The first-order chi connectivity index (χ1) is 11.6. The second-order valence-corrected chi connectivity index (χ2v) is 5.48. The number of nitrogens with zero attached hydrogens (tertiary/aromatic N) is 3. The lowest BCUT2D eigenvalue weighted by Gasteiger charge is -2.19. The molecule has 5 nitrogen and oxygen atoms in total. The second kappa shape index (κ2) is 8.11. The van der Waals surface area contributed by atoms with Crippen LogP contribution in [0.5, 0.6) is 0 Å². The van der Waals surface area contributed by atoms with Gasteiger partial charge in [0.25, 0.3) is 0 Å². The van der Waals surface area contributed by atoms with Crippen molar-refractivity contribution in [1.29, 1.82) is 5.26 Å². The number of carbonyl (C=O) groups is 1. The minimum Gasteiger partial charge on any atom is -0.380 e. The summed E-state index contributed by atoms with van der Waals surface area (Å²) in [7, 11) is 0. The van der Waals surface area contributed by atoms with E-state index in [0.29, 0.717) is 23.4 Å². The first-order valence-electron chi connectivity index (χ1n) is 8.07. The Balaban J connectivity index is 2.13. The van der Waals surface area contributed by atoms with E-state index in [1.807, 2.05) is 18.3 Å². The molecule has 0 fully saturated rings. The summed E-state index contributed by atoms with van der Waals surface area (Å²) in [5.74, 6) is 0.927. The van der Waals surface area contributed by atoms with Crippen LogP contribution in [0.2, 0.25) is 0 Å². The zero-order chi connectivity index (χ0) is 17.5. The number of rotatable bonds is 7. The van der Waals surface area contributed by atoms with Gasteiger partial charge in [-0.1, -0.05) is 6.07 Å². The van der Waals surface area contributed by atoms with Crippen molar-refractivity contribution in [2.24, 2.45) is 0 Å². The molecular weight excluding hydrogens is 300 g/mol. The van der Waals surface area contributed by atoms with Crippen LogP contribution < -0.4 is 10.2 Å². The normalized spacial score (nSPS) is 10.1. The van der Waals surface area contributed by atoms with E-state index < -0.39 is 0 Å². The molecular formula is C19H22N4O. The maximum Gasteiger partial charge on any atom is 0.161 e. The standard InChI is InChI=1S/C19H22N4O/c1-4-23(5-2)19-9-7-16(13-22-19)12-21-18-10-15(11-20)6-8-17(18)14(3)24/h6-10,13,21H,4-5,12H2,1-3H3. The third-order valence-corrected chi connectivity index (χ3v) is 3.91. The fourth-order valence-corrected chi connectivity index (χ4v) is 2.52. The van der Waals surface area contributed by atoms with Gasteiger partial charge in [0.15, 0.2) is 5.78 Å². The van der Waals surface area contributed by atoms with Crippen molar-refractivity contribution in [1.82, 2.24) is 4.98 Å². The highest BCUT2D eigenvalue weighted by molar-refractivity contribution is 5.99. The van der Waals surface area contributed by atoms with E-state index in [0.717, 1.165) is 24.5 Å². The van der Waals surface area contributed by atoms with Gasteiger partial charge < -0.3 is 10.2 Å². The van der Waals surface area contributed by atoms with E-state index in [1.165, 1.54) is 6.92 Å². The number of Topliss-reactive ketones (excluding diaryl/α,β-unsaturated/α-hetero) is 1. The molecule has 0 unspecified atom stereocenters. The predicted molar refractivity (Wildman–Crippen MR) is 96.3 cm³/mol. The monoisotopic (exact) mass is 322 g/mol. The Morgan fingerprint density at radius 2 is 2.00 bits per heavy atom. The number of hydrogen-bond acceptors (Lipinski definition) is 5. The van der Waals surface area contributed by atoms with Gasteiger partial charge in [-0.15, -0.1) is 0 Å². The average Bonchev–Trinajstić information content (AvgIpc) is 2.61. The SMILES string of the molecule is CCN(CC)c1ccc(CNc2cc(C#N)ccc2C(C)=O)cn1. The molecule has 1 N–H and O–H groups in total. The molecule has 0 amide bonds. The van der Waals surface area contributed by atoms with Crippen molar-refractivity contribution in [2.75, 3.05) is 23.3 Å². The number of ketones is 1. The molecule has 1 aromatic carbocycles. The summed E-state index contributed by atoms with van der Waals surface area (Å²) in [6.07, 6.45) is 1.84. The zero-order valence-electron chi connectivity index (χ0n) is 14.3. The van der Waals surface area contributed by atoms with Gasteiger partial charge in [-0.25, -0.2) is 4.98 Å². The lowest BCUT2D eigenvalue weighted by atomic mass is 10.1. The van der Waals surface area contributed by atoms with Crippen LogP contribution in [0.15, 0.2) is 36.5 Å². The quantitative estimate of drug-likeness (QED) is 0.789. The number of aromatic nitrogens is 1. The predicted octanol–water partition coefficient (Wildman–Crippen LogP) is 3.61. The van der Waals surface area contributed by atoms with Gasteiger partial charge >= 0.3 is 0 Å². The number of nitrogens with one attached hydrogen (secondary N) is 1. The molecule has 24 heavy (non-hydrogen) atoms. The average molecular weight is 322 g/mol. The van der Waals surface area contributed by atoms with Gasteiger partial charge in [0, 0.05) is 37.1 Å². The summed E-state index contributed by atoms with van der Waals surface area (Å²) in [5, 5.41) is 12.3. The molecule has 5 heteroatoms. The van der Waals surface area contributed by atoms with Gasteiger partial charge in [0.2, 0.25) is 0 Å². The number of pyridine rings is 1. The number of hydrogen-bond donors (Lipinski definition) is 1. The van der Waals surface area contributed by atoms with Crippen molar-refractivity contribution in [3.63, 3.8) is 0 Å². The molecule has 2 aromatic rings. The van der Waals surface area contributed by atoms with Crippen LogP contribution in [0.3, 0.4) is 0 Å². The molecule has 0 aliphatic rings. The van der Waals surface area contributed by atoms with Crippen LogP contribution in [0.1, 0.15) is 42.3 Å². The Morgan fingerprint density at radius 1 is 1.25 bits per heavy atom. The molecule has 0 spiro atoms. The van der Waals surface area contributed by atoms with Crippen LogP contribution in [-0.4, -0.2) is 23.9 Å². The molecule has 0 atom stereocenters.